The van der Waals surface area contributed by atoms with Crippen molar-refractivity contribution in [3.05, 3.63) is 63.6 Å². The Morgan fingerprint density at radius 1 is 1.24 bits per heavy atom. The van der Waals surface area contributed by atoms with Crippen LogP contribution in [0.25, 0.3) is 12.2 Å². The highest BCUT2D eigenvalue weighted by atomic mass is 32.1. The predicted octanol–water partition coefficient (Wildman–Crippen LogP) is 7.81. The summed E-state index contributed by atoms with van der Waals surface area (Å²) in [6.45, 7) is 17.3. The van der Waals surface area contributed by atoms with E-state index in [1.165, 1.54) is 5.56 Å². The van der Waals surface area contributed by atoms with E-state index in [-0.39, 0.29) is 11.2 Å². The molecule has 0 bridgehead atoms. The first-order chi connectivity index (χ1) is 13.7. The molecule has 2 nitrogen and oxygen atoms in total. The number of allylic oxidation sites excluding steroid dienone is 1. The average molecular weight is 410 g/mol. The van der Waals surface area contributed by atoms with Gasteiger partial charge in [-0.2, -0.15) is 0 Å². The second-order valence-corrected chi connectivity index (χ2v) is 9.92. The molecule has 156 valence electrons. The third-order valence-corrected chi connectivity index (χ3v) is 6.81. The predicted molar refractivity (Wildman–Crippen MR) is 128 cm³/mol. The van der Waals surface area contributed by atoms with E-state index in [1.54, 1.807) is 17.4 Å². The Hall–Kier alpha value is -2.00. The van der Waals surface area contributed by atoms with Crippen molar-refractivity contribution in [2.45, 2.75) is 66.7 Å². The molecule has 1 atom stereocenters. The van der Waals surface area contributed by atoms with Crippen molar-refractivity contribution in [3.8, 4) is 0 Å². The minimum Gasteiger partial charge on any atom is -0.294 e. The van der Waals surface area contributed by atoms with Crippen molar-refractivity contribution in [3.63, 3.8) is 0 Å². The summed E-state index contributed by atoms with van der Waals surface area (Å²) in [5.41, 5.74) is 3.22. The fourth-order valence-corrected chi connectivity index (χ4v) is 4.56. The van der Waals surface area contributed by atoms with E-state index in [2.05, 4.69) is 58.3 Å². The number of ketones is 1. The van der Waals surface area contributed by atoms with Gasteiger partial charge in [0.25, 0.3) is 0 Å². The van der Waals surface area contributed by atoms with E-state index in [0.717, 1.165) is 34.0 Å². The van der Waals surface area contributed by atoms with Gasteiger partial charge in [-0.25, -0.2) is 4.98 Å². The Balaban J connectivity index is 2.20. The summed E-state index contributed by atoms with van der Waals surface area (Å²) < 4.78 is 0. The van der Waals surface area contributed by atoms with Crippen LogP contribution in [-0.4, -0.2) is 10.8 Å². The standard InChI is InChI=1S/C26H35NOS/c1-8-11-22-24(9-2)29-25(27-22)17-23(28)20-14-12-19(13-15-20)21(16-18(4)5)26(6,7)10-3/h8-9,11-15,18,21H,2,10,16-17H2,1,3-7H3/b11-8-. The molecule has 0 spiro atoms. The van der Waals surface area contributed by atoms with Gasteiger partial charge in [-0.1, -0.05) is 78.0 Å². The molecule has 1 aromatic heterocycles. The van der Waals surface area contributed by atoms with Crippen molar-refractivity contribution in [1.29, 1.82) is 0 Å². The maximum absolute atomic E-state index is 12.8. The summed E-state index contributed by atoms with van der Waals surface area (Å²) in [4.78, 5) is 18.4. The zero-order valence-corrected chi connectivity index (χ0v) is 19.6. The molecule has 0 aliphatic heterocycles. The normalized spacial score (nSPS) is 13.2. The highest BCUT2D eigenvalue weighted by Crippen LogP contribution is 2.42. The maximum Gasteiger partial charge on any atom is 0.169 e. The van der Waals surface area contributed by atoms with E-state index < -0.39 is 0 Å². The fourth-order valence-electron chi connectivity index (χ4n) is 3.66. The van der Waals surface area contributed by atoms with Crippen molar-refractivity contribution >= 4 is 29.3 Å². The van der Waals surface area contributed by atoms with Crippen LogP contribution in [-0.2, 0) is 6.42 Å². The van der Waals surface area contributed by atoms with E-state index in [0.29, 0.717) is 18.3 Å². The van der Waals surface area contributed by atoms with Gasteiger partial charge in [0.15, 0.2) is 5.78 Å². The molecule has 0 saturated heterocycles. The highest BCUT2D eigenvalue weighted by molar-refractivity contribution is 7.12. The van der Waals surface area contributed by atoms with Gasteiger partial charge in [0, 0.05) is 5.56 Å². The Morgan fingerprint density at radius 3 is 2.41 bits per heavy atom. The van der Waals surface area contributed by atoms with Crippen molar-refractivity contribution in [2.75, 3.05) is 0 Å². The van der Waals surface area contributed by atoms with Crippen LogP contribution in [0.1, 0.15) is 91.8 Å². The lowest BCUT2D eigenvalue weighted by molar-refractivity contribution is 0.0993. The summed E-state index contributed by atoms with van der Waals surface area (Å²) in [7, 11) is 0. The van der Waals surface area contributed by atoms with Gasteiger partial charge in [0.2, 0.25) is 0 Å². The minimum atomic E-state index is 0.114. The fraction of sp³-hybridized carbons (Fsp3) is 0.462. The third kappa shape index (κ3) is 5.99. The lowest BCUT2D eigenvalue weighted by atomic mass is 9.70. The molecule has 0 saturated carbocycles. The first-order valence-corrected chi connectivity index (χ1v) is 11.4. The van der Waals surface area contributed by atoms with Crippen molar-refractivity contribution in [2.24, 2.45) is 11.3 Å². The van der Waals surface area contributed by atoms with Crippen LogP contribution >= 0.6 is 11.3 Å². The molecule has 2 aromatic rings. The van der Waals surface area contributed by atoms with E-state index in [4.69, 9.17) is 0 Å². The Bertz CT molecular complexity index is 855. The minimum absolute atomic E-state index is 0.114. The lowest BCUT2D eigenvalue weighted by Crippen LogP contribution is -2.23. The summed E-state index contributed by atoms with van der Waals surface area (Å²) in [5, 5.41) is 0.840. The monoisotopic (exact) mass is 409 g/mol. The van der Waals surface area contributed by atoms with Crippen LogP contribution in [0, 0.1) is 11.3 Å². The highest BCUT2D eigenvalue weighted by Gasteiger charge is 2.29. The number of carbonyl (C=O) groups is 1. The molecule has 29 heavy (non-hydrogen) atoms. The molecule has 0 fully saturated rings. The van der Waals surface area contributed by atoms with Crippen molar-refractivity contribution < 1.29 is 4.79 Å². The van der Waals surface area contributed by atoms with Crippen LogP contribution in [0.5, 0.6) is 0 Å². The van der Waals surface area contributed by atoms with Gasteiger partial charge in [-0.15, -0.1) is 11.3 Å². The molecule has 2 rings (SSSR count). The molecule has 1 heterocycles. The quantitative estimate of drug-likeness (QED) is 0.374. The van der Waals surface area contributed by atoms with Crippen LogP contribution in [0.3, 0.4) is 0 Å². The SMILES string of the molecule is C=Cc1sc(CC(=O)c2ccc(C(CC(C)C)C(C)(C)CC)cc2)nc1/C=C\C. The largest absolute Gasteiger partial charge is 0.294 e. The van der Waals surface area contributed by atoms with Gasteiger partial charge >= 0.3 is 0 Å². The lowest BCUT2D eigenvalue weighted by Gasteiger charge is -2.35. The van der Waals surface area contributed by atoms with Gasteiger partial charge in [-0.05, 0) is 48.3 Å². The summed E-state index contributed by atoms with van der Waals surface area (Å²) >= 11 is 1.54. The molecule has 0 amide bonds. The van der Waals surface area contributed by atoms with Gasteiger partial charge < -0.3 is 0 Å². The molecule has 3 heteroatoms. The topological polar surface area (TPSA) is 30.0 Å². The van der Waals surface area contributed by atoms with Crippen LogP contribution in [0.4, 0.5) is 0 Å². The number of thiazole rings is 1. The molecular formula is C26H35NOS. The number of hydrogen-bond acceptors (Lipinski definition) is 3. The zero-order valence-electron chi connectivity index (χ0n) is 18.8. The van der Waals surface area contributed by atoms with Crippen LogP contribution < -0.4 is 0 Å². The van der Waals surface area contributed by atoms with Crippen LogP contribution in [0.15, 0.2) is 36.9 Å². The molecule has 0 radical (unpaired) electrons. The Labute approximate surface area is 180 Å². The first-order valence-electron chi connectivity index (χ1n) is 10.6. The zero-order chi connectivity index (χ0) is 21.6. The van der Waals surface area contributed by atoms with Crippen molar-refractivity contribution in [1.82, 2.24) is 4.98 Å². The molecule has 1 unspecified atom stereocenters. The number of carbonyl (C=O) groups excluding carboxylic acids is 1. The van der Waals surface area contributed by atoms with E-state index in [1.807, 2.05) is 31.2 Å². The first kappa shape index (κ1) is 23.3. The molecule has 0 aliphatic rings. The number of hydrogen-bond donors (Lipinski definition) is 0. The van der Waals surface area contributed by atoms with Crippen LogP contribution in [0.2, 0.25) is 0 Å². The molecule has 1 aromatic carbocycles. The summed E-state index contributed by atoms with van der Waals surface area (Å²) in [6.07, 6.45) is 8.34. The maximum atomic E-state index is 12.8. The second-order valence-electron chi connectivity index (χ2n) is 8.81. The summed E-state index contributed by atoms with van der Waals surface area (Å²) in [5.74, 6) is 1.25. The van der Waals surface area contributed by atoms with E-state index in [9.17, 15) is 4.79 Å². The Kier molecular flexibility index (Phi) is 8.15. The average Bonchev–Trinajstić information content (AvgIpc) is 3.07. The molecule has 0 N–H and O–H groups in total. The second kappa shape index (κ2) is 10.2. The number of Topliss-reactive ketones (excluding diaryl/α,β-unsaturated/α-hetero) is 1. The summed E-state index contributed by atoms with van der Waals surface area (Å²) in [6, 6.07) is 8.29. The molecular weight excluding hydrogens is 374 g/mol. The number of rotatable bonds is 10. The van der Waals surface area contributed by atoms with Gasteiger partial charge in [0.1, 0.15) is 5.01 Å². The van der Waals surface area contributed by atoms with Gasteiger partial charge in [-0.3, -0.25) is 4.79 Å². The Morgan fingerprint density at radius 2 is 1.90 bits per heavy atom. The van der Waals surface area contributed by atoms with E-state index >= 15 is 0 Å². The third-order valence-electron chi connectivity index (χ3n) is 5.74. The number of benzene rings is 1. The number of aromatic nitrogens is 1. The molecule has 0 aliphatic carbocycles. The number of nitrogens with zero attached hydrogens (tertiary/aromatic N) is 1. The smallest absolute Gasteiger partial charge is 0.169 e. The van der Waals surface area contributed by atoms with Gasteiger partial charge in [0.05, 0.1) is 17.0 Å².